The first-order valence-electron chi connectivity index (χ1n) is 6.86. The molecule has 5 nitrogen and oxygen atoms in total. The van der Waals surface area contributed by atoms with Crippen molar-refractivity contribution in [1.82, 2.24) is 9.80 Å². The summed E-state index contributed by atoms with van der Waals surface area (Å²) in [5.74, 6) is -0.0950. The molecular formula is C14H29ClN2O3. The number of carboxylic acid groups (broad SMARTS) is 1. The molecule has 0 bridgehead atoms. The first-order valence-corrected chi connectivity index (χ1v) is 6.86. The Bertz CT molecular complexity index is 299. The van der Waals surface area contributed by atoms with E-state index in [1.54, 1.807) is 18.9 Å². The highest BCUT2D eigenvalue weighted by molar-refractivity contribution is 5.85. The second-order valence-electron chi connectivity index (χ2n) is 6.02. The zero-order valence-corrected chi connectivity index (χ0v) is 14.2. The van der Waals surface area contributed by atoms with Gasteiger partial charge in [0.15, 0.2) is 0 Å². The van der Waals surface area contributed by atoms with Crippen molar-refractivity contribution in [3.8, 4) is 0 Å². The van der Waals surface area contributed by atoms with Gasteiger partial charge in [-0.15, -0.1) is 12.4 Å². The normalized spacial score (nSPS) is 12.4. The van der Waals surface area contributed by atoms with Crippen LogP contribution in [0, 0.1) is 11.8 Å². The number of likely N-dealkylation sites (N-methyl/N-ethyl adjacent to an activating group) is 1. The van der Waals surface area contributed by atoms with Gasteiger partial charge >= 0.3 is 5.97 Å². The maximum atomic E-state index is 12.2. The zero-order chi connectivity index (χ0) is 15.2. The van der Waals surface area contributed by atoms with Crippen LogP contribution in [0.25, 0.3) is 0 Å². The van der Waals surface area contributed by atoms with E-state index in [1.165, 1.54) is 0 Å². The van der Waals surface area contributed by atoms with Gasteiger partial charge in [0, 0.05) is 13.1 Å². The molecule has 0 aromatic heterocycles. The molecule has 6 heteroatoms. The maximum Gasteiger partial charge on any atom is 0.320 e. The van der Waals surface area contributed by atoms with Crippen molar-refractivity contribution in [3.63, 3.8) is 0 Å². The molecule has 20 heavy (non-hydrogen) atoms. The molecule has 0 spiro atoms. The van der Waals surface area contributed by atoms with E-state index >= 15 is 0 Å². The second kappa shape index (κ2) is 10.00. The van der Waals surface area contributed by atoms with Crippen LogP contribution < -0.4 is 0 Å². The lowest BCUT2D eigenvalue weighted by molar-refractivity contribution is -0.143. The molecule has 0 aliphatic carbocycles. The van der Waals surface area contributed by atoms with Gasteiger partial charge < -0.3 is 10.0 Å². The Morgan fingerprint density at radius 2 is 1.40 bits per heavy atom. The average Bonchev–Trinajstić information content (AvgIpc) is 2.25. The molecular weight excluding hydrogens is 280 g/mol. The van der Waals surface area contributed by atoms with Crippen molar-refractivity contribution < 1.29 is 14.7 Å². The largest absolute Gasteiger partial charge is 0.480 e. The molecule has 1 N–H and O–H groups in total. The minimum Gasteiger partial charge on any atom is -0.480 e. The SMILES string of the molecule is CC(C)CN(CC(C)C)C(=O)CN(C)C(C)C(=O)O.Cl. The van der Waals surface area contributed by atoms with Gasteiger partial charge in [0.2, 0.25) is 5.91 Å². The van der Waals surface area contributed by atoms with Crippen LogP contribution >= 0.6 is 12.4 Å². The Balaban J connectivity index is 0. The minimum atomic E-state index is -0.908. The van der Waals surface area contributed by atoms with Crippen molar-refractivity contribution in [1.29, 1.82) is 0 Å². The van der Waals surface area contributed by atoms with E-state index in [1.807, 2.05) is 4.90 Å². The predicted molar refractivity (Wildman–Crippen MR) is 83.2 cm³/mol. The number of carbonyl (C=O) groups is 2. The summed E-state index contributed by atoms with van der Waals surface area (Å²) in [5, 5.41) is 8.93. The monoisotopic (exact) mass is 308 g/mol. The second-order valence-corrected chi connectivity index (χ2v) is 6.02. The van der Waals surface area contributed by atoms with Crippen molar-refractivity contribution >= 4 is 24.3 Å². The molecule has 0 aliphatic heterocycles. The minimum absolute atomic E-state index is 0. The summed E-state index contributed by atoms with van der Waals surface area (Å²) < 4.78 is 0. The van der Waals surface area contributed by atoms with Crippen LogP contribution in [0.1, 0.15) is 34.6 Å². The third-order valence-corrected chi connectivity index (χ3v) is 2.93. The molecule has 0 rings (SSSR count). The fraction of sp³-hybridized carbons (Fsp3) is 0.857. The van der Waals surface area contributed by atoms with Gasteiger partial charge in [-0.05, 0) is 25.8 Å². The number of amides is 1. The van der Waals surface area contributed by atoms with Crippen LogP contribution in [0.5, 0.6) is 0 Å². The third-order valence-electron chi connectivity index (χ3n) is 2.93. The fourth-order valence-corrected chi connectivity index (χ4v) is 1.80. The fourth-order valence-electron chi connectivity index (χ4n) is 1.80. The van der Waals surface area contributed by atoms with E-state index in [0.717, 1.165) is 0 Å². The van der Waals surface area contributed by atoms with Crippen LogP contribution in [0.2, 0.25) is 0 Å². The van der Waals surface area contributed by atoms with Gasteiger partial charge in [0.1, 0.15) is 6.04 Å². The number of hydrogen-bond acceptors (Lipinski definition) is 3. The van der Waals surface area contributed by atoms with Crippen LogP contribution in [0.4, 0.5) is 0 Å². The molecule has 0 saturated carbocycles. The molecule has 0 heterocycles. The topological polar surface area (TPSA) is 60.9 Å². The molecule has 0 fully saturated rings. The summed E-state index contributed by atoms with van der Waals surface area (Å²) in [4.78, 5) is 26.5. The molecule has 0 aromatic carbocycles. The number of halogens is 1. The Morgan fingerprint density at radius 1 is 1.00 bits per heavy atom. The number of carbonyl (C=O) groups excluding carboxylic acids is 1. The Morgan fingerprint density at radius 3 is 1.70 bits per heavy atom. The lowest BCUT2D eigenvalue weighted by Gasteiger charge is -2.29. The van der Waals surface area contributed by atoms with E-state index in [2.05, 4.69) is 27.7 Å². The quantitative estimate of drug-likeness (QED) is 0.744. The van der Waals surface area contributed by atoms with Crippen molar-refractivity contribution in [2.45, 2.75) is 40.7 Å². The lowest BCUT2D eigenvalue weighted by atomic mass is 10.1. The first kappa shape index (κ1) is 21.5. The highest BCUT2D eigenvalue weighted by atomic mass is 35.5. The lowest BCUT2D eigenvalue weighted by Crippen LogP contribution is -2.46. The molecule has 120 valence electrons. The number of carboxylic acids is 1. The van der Waals surface area contributed by atoms with Gasteiger partial charge in [0.25, 0.3) is 0 Å². The number of aliphatic carboxylic acids is 1. The predicted octanol–water partition coefficient (Wildman–Crippen LogP) is 1.95. The molecule has 0 saturated heterocycles. The average molecular weight is 309 g/mol. The summed E-state index contributed by atoms with van der Waals surface area (Å²) in [5.41, 5.74) is 0. The van der Waals surface area contributed by atoms with Crippen LogP contribution in [0.3, 0.4) is 0 Å². The van der Waals surface area contributed by atoms with E-state index in [9.17, 15) is 9.59 Å². The summed E-state index contributed by atoms with van der Waals surface area (Å²) in [6, 6.07) is -0.649. The van der Waals surface area contributed by atoms with Crippen molar-refractivity contribution in [2.24, 2.45) is 11.8 Å². The van der Waals surface area contributed by atoms with Gasteiger partial charge in [0.05, 0.1) is 6.54 Å². The summed E-state index contributed by atoms with van der Waals surface area (Å²) in [6.45, 7) is 11.5. The van der Waals surface area contributed by atoms with Crippen molar-refractivity contribution in [3.05, 3.63) is 0 Å². The van der Waals surface area contributed by atoms with Gasteiger partial charge in [-0.1, -0.05) is 27.7 Å². The van der Waals surface area contributed by atoms with E-state index in [4.69, 9.17) is 5.11 Å². The Hall–Kier alpha value is -0.810. The zero-order valence-electron chi connectivity index (χ0n) is 13.4. The van der Waals surface area contributed by atoms with E-state index in [-0.39, 0.29) is 24.9 Å². The van der Waals surface area contributed by atoms with Gasteiger partial charge in [-0.25, -0.2) is 0 Å². The summed E-state index contributed by atoms with van der Waals surface area (Å²) >= 11 is 0. The van der Waals surface area contributed by atoms with E-state index in [0.29, 0.717) is 24.9 Å². The highest BCUT2D eigenvalue weighted by Gasteiger charge is 2.22. The third kappa shape index (κ3) is 8.38. The molecule has 1 atom stereocenters. The van der Waals surface area contributed by atoms with E-state index < -0.39 is 12.0 Å². The molecule has 0 aliphatic rings. The van der Waals surface area contributed by atoms with Gasteiger partial charge in [-0.3, -0.25) is 14.5 Å². The smallest absolute Gasteiger partial charge is 0.320 e. The standard InChI is InChI=1S/C14H28N2O3.ClH/c1-10(2)7-16(8-11(3)4)13(17)9-15(6)12(5)14(18)19;/h10-12H,7-9H2,1-6H3,(H,18,19);1H. The Kier molecular flexibility index (Phi) is 10.7. The van der Waals surface area contributed by atoms with Crippen molar-refractivity contribution in [2.75, 3.05) is 26.7 Å². The molecule has 0 radical (unpaired) electrons. The summed E-state index contributed by atoms with van der Waals surface area (Å²) in [6.07, 6.45) is 0. The number of rotatable bonds is 8. The molecule has 0 aromatic rings. The van der Waals surface area contributed by atoms with Crippen LogP contribution in [-0.2, 0) is 9.59 Å². The summed E-state index contributed by atoms with van der Waals surface area (Å²) in [7, 11) is 1.67. The highest BCUT2D eigenvalue weighted by Crippen LogP contribution is 2.06. The van der Waals surface area contributed by atoms with Gasteiger partial charge in [-0.2, -0.15) is 0 Å². The van der Waals surface area contributed by atoms with Crippen LogP contribution in [0.15, 0.2) is 0 Å². The maximum absolute atomic E-state index is 12.2. The number of nitrogens with zero attached hydrogens (tertiary/aromatic N) is 2. The number of hydrogen-bond donors (Lipinski definition) is 1. The van der Waals surface area contributed by atoms with Crippen LogP contribution in [-0.4, -0.2) is 59.5 Å². The molecule has 1 unspecified atom stereocenters. The molecule has 1 amide bonds. The Labute approximate surface area is 128 Å². The first-order chi connectivity index (χ1) is 8.65.